The van der Waals surface area contributed by atoms with Crippen LogP contribution in [-0.4, -0.2) is 9.55 Å². The standard InChI is InChI=1S/C11H13N3/c1-9(12)10-5-4-8-14(10)11-6-2-3-7-13-11/h2-9H,12H2,1H3/t9-/m1/s1. The highest BCUT2D eigenvalue weighted by Gasteiger charge is 2.06. The Hall–Kier alpha value is -1.61. The van der Waals surface area contributed by atoms with Crippen molar-refractivity contribution in [2.45, 2.75) is 13.0 Å². The van der Waals surface area contributed by atoms with E-state index in [2.05, 4.69) is 4.98 Å². The highest BCUT2D eigenvalue weighted by Crippen LogP contribution is 2.14. The maximum Gasteiger partial charge on any atom is 0.136 e. The van der Waals surface area contributed by atoms with Gasteiger partial charge >= 0.3 is 0 Å². The van der Waals surface area contributed by atoms with Crippen LogP contribution in [0.1, 0.15) is 18.7 Å². The predicted octanol–water partition coefficient (Wildman–Crippen LogP) is 1.89. The number of pyridine rings is 1. The molecule has 0 amide bonds. The Morgan fingerprint density at radius 2 is 2.14 bits per heavy atom. The van der Waals surface area contributed by atoms with Crippen LogP contribution >= 0.6 is 0 Å². The van der Waals surface area contributed by atoms with Crippen molar-refractivity contribution in [3.63, 3.8) is 0 Å². The average Bonchev–Trinajstić information content (AvgIpc) is 2.67. The van der Waals surface area contributed by atoms with Crippen molar-refractivity contribution < 1.29 is 0 Å². The first kappa shape index (κ1) is 8.97. The molecule has 0 spiro atoms. The van der Waals surface area contributed by atoms with Crippen molar-refractivity contribution in [2.24, 2.45) is 5.73 Å². The molecule has 1 atom stereocenters. The first-order valence-electron chi connectivity index (χ1n) is 4.63. The lowest BCUT2D eigenvalue weighted by Crippen LogP contribution is -2.11. The van der Waals surface area contributed by atoms with Gasteiger partial charge in [-0.2, -0.15) is 0 Å². The third-order valence-corrected chi connectivity index (χ3v) is 2.14. The van der Waals surface area contributed by atoms with Crippen LogP contribution in [0, 0.1) is 0 Å². The normalized spacial score (nSPS) is 12.7. The van der Waals surface area contributed by atoms with Gasteiger partial charge in [-0.1, -0.05) is 6.07 Å². The fourth-order valence-electron chi connectivity index (χ4n) is 1.47. The topological polar surface area (TPSA) is 43.8 Å². The lowest BCUT2D eigenvalue weighted by Gasteiger charge is -2.10. The summed E-state index contributed by atoms with van der Waals surface area (Å²) in [5.74, 6) is 0.907. The van der Waals surface area contributed by atoms with Gasteiger partial charge in [0.25, 0.3) is 0 Å². The third-order valence-electron chi connectivity index (χ3n) is 2.14. The molecule has 72 valence electrons. The first-order chi connectivity index (χ1) is 6.79. The Morgan fingerprint density at radius 3 is 2.79 bits per heavy atom. The largest absolute Gasteiger partial charge is 0.323 e. The molecule has 0 bridgehead atoms. The quantitative estimate of drug-likeness (QED) is 0.780. The fraction of sp³-hybridized carbons (Fsp3) is 0.182. The summed E-state index contributed by atoms with van der Waals surface area (Å²) in [5.41, 5.74) is 6.92. The van der Waals surface area contributed by atoms with Crippen LogP contribution in [0.15, 0.2) is 42.7 Å². The van der Waals surface area contributed by atoms with Gasteiger partial charge in [0.05, 0.1) is 0 Å². The summed E-state index contributed by atoms with van der Waals surface area (Å²) in [7, 11) is 0. The minimum atomic E-state index is 0.0204. The molecular weight excluding hydrogens is 174 g/mol. The number of rotatable bonds is 2. The molecule has 0 saturated heterocycles. The first-order valence-corrected chi connectivity index (χ1v) is 4.63. The molecule has 0 aromatic carbocycles. The molecule has 2 rings (SSSR count). The van der Waals surface area contributed by atoms with Crippen molar-refractivity contribution in [1.82, 2.24) is 9.55 Å². The molecule has 0 fully saturated rings. The summed E-state index contributed by atoms with van der Waals surface area (Å²) in [5, 5.41) is 0. The second-order valence-corrected chi connectivity index (χ2v) is 3.28. The maximum absolute atomic E-state index is 5.85. The molecule has 0 aliphatic carbocycles. The summed E-state index contributed by atoms with van der Waals surface area (Å²) >= 11 is 0. The summed E-state index contributed by atoms with van der Waals surface area (Å²) in [6.45, 7) is 1.97. The van der Waals surface area contributed by atoms with E-state index in [1.165, 1.54) is 0 Å². The van der Waals surface area contributed by atoms with Crippen LogP contribution < -0.4 is 5.73 Å². The molecule has 14 heavy (non-hydrogen) atoms. The maximum atomic E-state index is 5.85. The smallest absolute Gasteiger partial charge is 0.136 e. The van der Waals surface area contributed by atoms with Crippen LogP contribution in [-0.2, 0) is 0 Å². The molecule has 3 heteroatoms. The van der Waals surface area contributed by atoms with Gasteiger partial charge in [-0.3, -0.25) is 0 Å². The van der Waals surface area contributed by atoms with E-state index in [-0.39, 0.29) is 6.04 Å². The molecule has 0 radical (unpaired) electrons. The van der Waals surface area contributed by atoms with E-state index in [1.807, 2.05) is 48.0 Å². The van der Waals surface area contributed by atoms with E-state index in [0.717, 1.165) is 11.5 Å². The van der Waals surface area contributed by atoms with Gasteiger partial charge in [0, 0.05) is 24.1 Å². The van der Waals surface area contributed by atoms with E-state index in [0.29, 0.717) is 0 Å². The van der Waals surface area contributed by atoms with Gasteiger partial charge in [0.15, 0.2) is 0 Å². The van der Waals surface area contributed by atoms with Crippen molar-refractivity contribution in [2.75, 3.05) is 0 Å². The van der Waals surface area contributed by atoms with Gasteiger partial charge in [-0.05, 0) is 31.2 Å². The van der Waals surface area contributed by atoms with E-state index in [1.54, 1.807) is 6.20 Å². The van der Waals surface area contributed by atoms with Gasteiger partial charge < -0.3 is 10.3 Å². The number of hydrogen-bond acceptors (Lipinski definition) is 2. The lowest BCUT2D eigenvalue weighted by molar-refractivity contribution is 0.745. The van der Waals surface area contributed by atoms with Gasteiger partial charge in [-0.25, -0.2) is 4.98 Å². The fourth-order valence-corrected chi connectivity index (χ4v) is 1.47. The molecule has 0 unspecified atom stereocenters. The second kappa shape index (κ2) is 3.64. The molecular formula is C11H13N3. The Labute approximate surface area is 83.2 Å². The zero-order valence-corrected chi connectivity index (χ0v) is 8.09. The molecule has 0 aliphatic heterocycles. The summed E-state index contributed by atoms with van der Waals surface area (Å²) in [6, 6.07) is 9.84. The predicted molar refractivity (Wildman–Crippen MR) is 56.2 cm³/mol. The molecule has 2 N–H and O–H groups in total. The monoisotopic (exact) mass is 187 g/mol. The zero-order valence-electron chi connectivity index (χ0n) is 8.09. The van der Waals surface area contributed by atoms with Crippen molar-refractivity contribution in [3.05, 3.63) is 48.4 Å². The summed E-state index contributed by atoms with van der Waals surface area (Å²) < 4.78 is 2.00. The summed E-state index contributed by atoms with van der Waals surface area (Å²) in [4.78, 5) is 4.27. The van der Waals surface area contributed by atoms with Crippen molar-refractivity contribution >= 4 is 0 Å². The minimum absolute atomic E-state index is 0.0204. The number of nitrogens with two attached hydrogens (primary N) is 1. The Morgan fingerprint density at radius 1 is 1.29 bits per heavy atom. The Bertz CT molecular complexity index is 403. The molecule has 0 saturated carbocycles. The average molecular weight is 187 g/mol. The summed E-state index contributed by atoms with van der Waals surface area (Å²) in [6.07, 6.45) is 3.75. The third kappa shape index (κ3) is 1.54. The Kier molecular flexibility index (Phi) is 2.33. The van der Waals surface area contributed by atoms with Crippen molar-refractivity contribution in [3.8, 4) is 5.82 Å². The van der Waals surface area contributed by atoms with Crippen LogP contribution in [0.2, 0.25) is 0 Å². The molecule has 0 aliphatic rings. The van der Waals surface area contributed by atoms with Crippen molar-refractivity contribution in [1.29, 1.82) is 0 Å². The van der Waals surface area contributed by atoms with Gasteiger partial charge in [0.1, 0.15) is 5.82 Å². The van der Waals surface area contributed by atoms with Crippen LogP contribution in [0.3, 0.4) is 0 Å². The molecule has 2 heterocycles. The SMILES string of the molecule is C[C@@H](N)c1cccn1-c1ccccn1. The van der Waals surface area contributed by atoms with E-state index < -0.39 is 0 Å². The van der Waals surface area contributed by atoms with E-state index in [9.17, 15) is 0 Å². The highest BCUT2D eigenvalue weighted by molar-refractivity contribution is 5.28. The zero-order chi connectivity index (χ0) is 9.97. The molecule has 2 aromatic rings. The van der Waals surface area contributed by atoms with E-state index >= 15 is 0 Å². The highest BCUT2D eigenvalue weighted by atomic mass is 15.1. The second-order valence-electron chi connectivity index (χ2n) is 3.28. The number of hydrogen-bond donors (Lipinski definition) is 1. The minimum Gasteiger partial charge on any atom is -0.323 e. The van der Waals surface area contributed by atoms with Gasteiger partial charge in [-0.15, -0.1) is 0 Å². The van der Waals surface area contributed by atoms with E-state index in [4.69, 9.17) is 5.73 Å². The van der Waals surface area contributed by atoms with Crippen LogP contribution in [0.25, 0.3) is 5.82 Å². The Balaban J connectivity index is 2.47. The number of aromatic nitrogens is 2. The molecule has 2 aromatic heterocycles. The van der Waals surface area contributed by atoms with Gasteiger partial charge in [0.2, 0.25) is 0 Å². The van der Waals surface area contributed by atoms with Crippen LogP contribution in [0.5, 0.6) is 0 Å². The lowest BCUT2D eigenvalue weighted by atomic mass is 10.2. The van der Waals surface area contributed by atoms with Crippen LogP contribution in [0.4, 0.5) is 0 Å². The molecule has 3 nitrogen and oxygen atoms in total. The number of nitrogens with zero attached hydrogens (tertiary/aromatic N) is 2.